The fourth-order valence-electron chi connectivity index (χ4n) is 1.86. The number of nitrogens with one attached hydrogen (secondary N) is 1. The lowest BCUT2D eigenvalue weighted by atomic mass is 10.1. The Morgan fingerprint density at radius 2 is 1.95 bits per heavy atom. The largest absolute Gasteiger partial charge is 0.445 e. The maximum atomic E-state index is 11.8. The number of aliphatic hydroxyl groups is 1. The molecule has 2 rings (SSSR count). The van der Waals surface area contributed by atoms with Crippen molar-refractivity contribution in [1.82, 2.24) is 5.32 Å². The molecule has 1 amide bonds. The third-order valence-electron chi connectivity index (χ3n) is 2.94. The van der Waals surface area contributed by atoms with Gasteiger partial charge in [-0.05, 0) is 23.3 Å². The molecule has 1 atom stereocenters. The van der Waals surface area contributed by atoms with Crippen LogP contribution in [0, 0.1) is 0 Å². The van der Waals surface area contributed by atoms with Crippen molar-refractivity contribution in [3.05, 3.63) is 70.2 Å². The van der Waals surface area contributed by atoms with Crippen LogP contribution in [0.3, 0.4) is 0 Å². The normalized spacial score (nSPS) is 11.7. The summed E-state index contributed by atoms with van der Waals surface area (Å²) in [6.45, 7) is 0.000195. The smallest absolute Gasteiger partial charge is 0.408 e. The first-order valence-corrected chi connectivity index (χ1v) is 7.32. The van der Waals surface area contributed by atoms with Crippen molar-refractivity contribution in [2.24, 2.45) is 0 Å². The average Bonchev–Trinajstić information content (AvgIpc) is 2.51. The lowest BCUT2D eigenvalue weighted by Gasteiger charge is -2.17. The number of amides is 1. The molecule has 0 saturated heterocycles. The highest BCUT2D eigenvalue weighted by Gasteiger charge is 2.14. The number of carbonyl (C=O) groups is 1. The summed E-state index contributed by atoms with van der Waals surface area (Å²) in [5.41, 5.74) is 1.72. The summed E-state index contributed by atoms with van der Waals surface area (Å²) < 4.78 is 6.03. The molecule has 0 spiro atoms. The number of halogens is 1. The summed E-state index contributed by atoms with van der Waals surface area (Å²) in [6, 6.07) is 16.3. The molecule has 0 radical (unpaired) electrons. The second-order valence-corrected chi connectivity index (χ2v) is 5.41. The van der Waals surface area contributed by atoms with Gasteiger partial charge in [0.1, 0.15) is 6.61 Å². The summed E-state index contributed by atoms with van der Waals surface area (Å²) in [5, 5.41) is 12.1. The molecular weight excluding hydrogens is 334 g/mol. The number of rotatable bonds is 5. The summed E-state index contributed by atoms with van der Waals surface area (Å²) in [5.74, 6) is 0. The molecule has 5 heteroatoms. The first-order valence-electron chi connectivity index (χ1n) is 6.52. The molecule has 1 unspecified atom stereocenters. The highest BCUT2D eigenvalue weighted by atomic mass is 79.9. The average molecular weight is 350 g/mol. The van der Waals surface area contributed by atoms with Crippen LogP contribution < -0.4 is 5.32 Å². The molecule has 110 valence electrons. The maximum Gasteiger partial charge on any atom is 0.408 e. The Morgan fingerprint density at radius 3 is 2.62 bits per heavy atom. The Bertz CT molecular complexity index is 589. The lowest BCUT2D eigenvalue weighted by molar-refractivity contribution is 0.129. The minimum Gasteiger partial charge on any atom is -0.445 e. The molecule has 0 aromatic heterocycles. The molecule has 0 saturated carbocycles. The Hall–Kier alpha value is -1.85. The number of ether oxygens (including phenoxy) is 1. The van der Waals surface area contributed by atoms with Gasteiger partial charge in [-0.3, -0.25) is 0 Å². The molecule has 0 fully saturated rings. The first-order chi connectivity index (χ1) is 10.2. The molecule has 0 aliphatic rings. The van der Waals surface area contributed by atoms with E-state index >= 15 is 0 Å². The van der Waals surface area contributed by atoms with Crippen LogP contribution >= 0.6 is 15.9 Å². The fraction of sp³-hybridized carbons (Fsp3) is 0.188. The molecule has 2 N–H and O–H groups in total. The van der Waals surface area contributed by atoms with Crippen LogP contribution in [0.5, 0.6) is 0 Å². The quantitative estimate of drug-likeness (QED) is 0.869. The molecule has 0 heterocycles. The number of carbonyl (C=O) groups excluding carboxylic acids is 1. The van der Waals surface area contributed by atoms with Crippen molar-refractivity contribution in [1.29, 1.82) is 0 Å². The molecule has 2 aromatic rings. The monoisotopic (exact) mass is 349 g/mol. The van der Waals surface area contributed by atoms with Gasteiger partial charge in [-0.1, -0.05) is 58.4 Å². The van der Waals surface area contributed by atoms with Gasteiger partial charge >= 0.3 is 6.09 Å². The predicted molar refractivity (Wildman–Crippen MR) is 83.7 cm³/mol. The Labute approximate surface area is 131 Å². The number of benzene rings is 2. The van der Waals surface area contributed by atoms with E-state index in [0.717, 1.165) is 15.6 Å². The van der Waals surface area contributed by atoms with Crippen LogP contribution in [0.2, 0.25) is 0 Å². The van der Waals surface area contributed by atoms with Crippen LogP contribution in [0.15, 0.2) is 59.1 Å². The number of hydrogen-bond donors (Lipinski definition) is 2. The van der Waals surface area contributed by atoms with Gasteiger partial charge in [-0.2, -0.15) is 0 Å². The number of aliphatic hydroxyl groups excluding tert-OH is 1. The van der Waals surface area contributed by atoms with E-state index in [1.54, 1.807) is 0 Å². The number of alkyl carbamates (subject to hydrolysis) is 1. The predicted octanol–water partition coefficient (Wildman–Crippen LogP) is 3.41. The van der Waals surface area contributed by atoms with E-state index in [-0.39, 0.29) is 13.2 Å². The summed E-state index contributed by atoms with van der Waals surface area (Å²) in [4.78, 5) is 11.8. The summed E-state index contributed by atoms with van der Waals surface area (Å²) >= 11 is 3.36. The van der Waals surface area contributed by atoms with Crippen molar-refractivity contribution >= 4 is 22.0 Å². The van der Waals surface area contributed by atoms with Crippen LogP contribution in [0.4, 0.5) is 4.79 Å². The third-order valence-corrected chi connectivity index (χ3v) is 3.43. The van der Waals surface area contributed by atoms with E-state index in [1.807, 2.05) is 54.6 Å². The second kappa shape index (κ2) is 7.81. The van der Waals surface area contributed by atoms with Gasteiger partial charge in [0, 0.05) is 4.47 Å². The molecule has 21 heavy (non-hydrogen) atoms. The van der Waals surface area contributed by atoms with Crippen molar-refractivity contribution in [3.63, 3.8) is 0 Å². The highest BCUT2D eigenvalue weighted by Crippen LogP contribution is 2.18. The molecule has 2 aromatic carbocycles. The fourth-order valence-corrected chi connectivity index (χ4v) is 2.28. The van der Waals surface area contributed by atoms with E-state index in [9.17, 15) is 9.90 Å². The van der Waals surface area contributed by atoms with Crippen LogP contribution in [0.1, 0.15) is 17.2 Å². The first kappa shape index (κ1) is 15.5. The molecule has 0 aliphatic carbocycles. The summed E-state index contributed by atoms with van der Waals surface area (Å²) in [6.07, 6.45) is -0.558. The van der Waals surface area contributed by atoms with Gasteiger partial charge in [-0.25, -0.2) is 4.79 Å². The zero-order chi connectivity index (χ0) is 15.1. The van der Waals surface area contributed by atoms with Crippen molar-refractivity contribution in [2.75, 3.05) is 6.61 Å². The zero-order valence-corrected chi connectivity index (χ0v) is 12.9. The van der Waals surface area contributed by atoms with E-state index in [0.29, 0.717) is 0 Å². The SMILES string of the molecule is O=C(NC(CO)c1cccc(Br)c1)OCc1ccccc1. The van der Waals surface area contributed by atoms with Gasteiger partial charge in [0.15, 0.2) is 0 Å². The standard InChI is InChI=1S/C16H16BrNO3/c17-14-8-4-7-13(9-14)15(10-19)18-16(20)21-11-12-5-2-1-3-6-12/h1-9,15,19H,10-11H2,(H,18,20). The Balaban J connectivity index is 1.91. The van der Waals surface area contributed by atoms with Gasteiger partial charge in [0.05, 0.1) is 12.6 Å². The highest BCUT2D eigenvalue weighted by molar-refractivity contribution is 9.10. The van der Waals surface area contributed by atoms with E-state index in [2.05, 4.69) is 21.2 Å². The van der Waals surface area contributed by atoms with Gasteiger partial charge in [0.25, 0.3) is 0 Å². The minimum atomic E-state index is -0.558. The van der Waals surface area contributed by atoms with Crippen LogP contribution in [-0.2, 0) is 11.3 Å². The minimum absolute atomic E-state index is 0.198. The van der Waals surface area contributed by atoms with Crippen molar-refractivity contribution in [3.8, 4) is 0 Å². The van der Waals surface area contributed by atoms with E-state index in [1.165, 1.54) is 0 Å². The topological polar surface area (TPSA) is 58.6 Å². The zero-order valence-electron chi connectivity index (χ0n) is 11.3. The molecule has 0 aliphatic heterocycles. The van der Waals surface area contributed by atoms with E-state index < -0.39 is 12.1 Å². The van der Waals surface area contributed by atoms with Gasteiger partial charge < -0.3 is 15.2 Å². The summed E-state index contributed by atoms with van der Waals surface area (Å²) in [7, 11) is 0. The van der Waals surface area contributed by atoms with Crippen LogP contribution in [0.25, 0.3) is 0 Å². The van der Waals surface area contributed by atoms with Crippen molar-refractivity contribution < 1.29 is 14.6 Å². The van der Waals surface area contributed by atoms with Gasteiger partial charge in [0.2, 0.25) is 0 Å². The molecule has 0 bridgehead atoms. The number of hydrogen-bond acceptors (Lipinski definition) is 3. The maximum absolute atomic E-state index is 11.8. The van der Waals surface area contributed by atoms with Crippen molar-refractivity contribution in [2.45, 2.75) is 12.6 Å². The second-order valence-electron chi connectivity index (χ2n) is 4.50. The lowest BCUT2D eigenvalue weighted by Crippen LogP contribution is -2.31. The van der Waals surface area contributed by atoms with Crippen LogP contribution in [-0.4, -0.2) is 17.8 Å². The Kier molecular flexibility index (Phi) is 5.78. The third kappa shape index (κ3) is 4.88. The Morgan fingerprint density at radius 1 is 1.19 bits per heavy atom. The molecule has 4 nitrogen and oxygen atoms in total. The van der Waals surface area contributed by atoms with E-state index in [4.69, 9.17) is 4.74 Å². The molecular formula is C16H16BrNO3. The van der Waals surface area contributed by atoms with Gasteiger partial charge in [-0.15, -0.1) is 0 Å².